The Balaban J connectivity index is 1.91. The first-order valence-corrected chi connectivity index (χ1v) is 7.72. The van der Waals surface area contributed by atoms with Crippen molar-refractivity contribution in [2.24, 2.45) is 0 Å². The number of hydrogen-bond donors (Lipinski definition) is 0. The average molecular weight is 315 g/mol. The van der Waals surface area contributed by atoms with E-state index in [2.05, 4.69) is 25.9 Å². The van der Waals surface area contributed by atoms with Crippen molar-refractivity contribution in [2.75, 3.05) is 13.2 Å². The highest BCUT2D eigenvalue weighted by Gasteiger charge is 2.21. The second kappa shape index (κ2) is 5.66. The molecule has 3 aromatic rings. The second-order valence-electron chi connectivity index (χ2n) is 5.43. The first-order chi connectivity index (χ1) is 10.8. The molecule has 0 spiro atoms. The molecule has 0 unspecified atom stereocenters. The van der Waals surface area contributed by atoms with Crippen LogP contribution >= 0.6 is 11.6 Å². The Kier molecular flexibility index (Phi) is 3.52. The van der Waals surface area contributed by atoms with E-state index in [1.54, 1.807) is 12.4 Å². The normalized spacial score (nSPS) is 16.2. The Morgan fingerprint density at radius 3 is 2.68 bits per heavy atom. The van der Waals surface area contributed by atoms with Crippen molar-refractivity contribution in [3.63, 3.8) is 0 Å². The lowest BCUT2D eigenvalue weighted by molar-refractivity contribution is 0.0706. The topological polar surface area (TPSA) is 52.8 Å². The molecule has 0 radical (unpaired) electrons. The highest BCUT2D eigenvalue weighted by molar-refractivity contribution is 6.30. The van der Waals surface area contributed by atoms with E-state index >= 15 is 0 Å². The van der Waals surface area contributed by atoms with Gasteiger partial charge in [-0.1, -0.05) is 11.6 Å². The molecule has 6 heteroatoms. The standard InChI is InChI=1S/C16H15ClN4O/c17-15-9-13-14(11-1-5-18-6-2-11)10-21(16(13)20-19-15)12-3-7-22-8-4-12/h1-2,5-6,9-10,12H,3-4,7-8H2. The molecule has 4 rings (SSSR count). The van der Waals surface area contributed by atoms with Crippen LogP contribution in [0.1, 0.15) is 18.9 Å². The molecule has 1 saturated heterocycles. The van der Waals surface area contributed by atoms with Gasteiger partial charge in [-0.3, -0.25) is 4.98 Å². The average Bonchev–Trinajstić information content (AvgIpc) is 2.95. The predicted octanol–water partition coefficient (Wildman–Crippen LogP) is 3.50. The fraction of sp³-hybridized carbons (Fsp3) is 0.312. The number of hydrogen-bond acceptors (Lipinski definition) is 4. The first kappa shape index (κ1) is 13.7. The van der Waals surface area contributed by atoms with Gasteiger partial charge in [-0.05, 0) is 36.6 Å². The summed E-state index contributed by atoms with van der Waals surface area (Å²) in [5.41, 5.74) is 3.10. The molecule has 0 saturated carbocycles. The molecule has 112 valence electrons. The third kappa shape index (κ3) is 2.36. The fourth-order valence-corrected chi connectivity index (χ4v) is 3.17. The maximum absolute atomic E-state index is 6.06. The van der Waals surface area contributed by atoms with Crippen LogP contribution in [-0.2, 0) is 4.74 Å². The van der Waals surface area contributed by atoms with E-state index < -0.39 is 0 Å². The number of fused-ring (bicyclic) bond motifs is 1. The SMILES string of the molecule is Clc1cc2c(-c3ccncc3)cn(C3CCOCC3)c2nn1. The van der Waals surface area contributed by atoms with Crippen LogP contribution in [0, 0.1) is 0 Å². The van der Waals surface area contributed by atoms with Gasteiger partial charge in [-0.15, -0.1) is 10.2 Å². The van der Waals surface area contributed by atoms with Gasteiger partial charge in [-0.25, -0.2) is 0 Å². The summed E-state index contributed by atoms with van der Waals surface area (Å²) in [6, 6.07) is 6.27. The van der Waals surface area contributed by atoms with Crippen LogP contribution in [0.5, 0.6) is 0 Å². The Morgan fingerprint density at radius 1 is 1.14 bits per heavy atom. The maximum Gasteiger partial charge on any atom is 0.163 e. The number of ether oxygens (including phenoxy) is 1. The lowest BCUT2D eigenvalue weighted by Gasteiger charge is -2.23. The molecular weight excluding hydrogens is 300 g/mol. The summed E-state index contributed by atoms with van der Waals surface area (Å²) in [5, 5.41) is 9.78. The molecular formula is C16H15ClN4O. The summed E-state index contributed by atoms with van der Waals surface area (Å²) in [7, 11) is 0. The van der Waals surface area contributed by atoms with E-state index in [4.69, 9.17) is 16.3 Å². The first-order valence-electron chi connectivity index (χ1n) is 7.35. The van der Waals surface area contributed by atoms with Crippen molar-refractivity contribution in [2.45, 2.75) is 18.9 Å². The molecule has 0 aliphatic carbocycles. The van der Waals surface area contributed by atoms with Crippen molar-refractivity contribution in [3.05, 3.63) is 41.9 Å². The van der Waals surface area contributed by atoms with Gasteiger partial charge < -0.3 is 9.30 Å². The zero-order chi connectivity index (χ0) is 14.9. The highest BCUT2D eigenvalue weighted by atomic mass is 35.5. The minimum atomic E-state index is 0.391. The van der Waals surface area contributed by atoms with E-state index in [0.717, 1.165) is 48.2 Å². The van der Waals surface area contributed by atoms with Gasteiger partial charge in [0.05, 0.1) is 0 Å². The Morgan fingerprint density at radius 2 is 1.91 bits per heavy atom. The summed E-state index contributed by atoms with van der Waals surface area (Å²) in [4.78, 5) is 4.09. The van der Waals surface area contributed by atoms with Gasteiger partial charge in [0.15, 0.2) is 10.8 Å². The molecule has 0 N–H and O–H groups in total. The monoisotopic (exact) mass is 314 g/mol. The summed E-state index contributed by atoms with van der Waals surface area (Å²) >= 11 is 6.06. The van der Waals surface area contributed by atoms with Crippen molar-refractivity contribution in [3.8, 4) is 11.1 Å². The molecule has 0 atom stereocenters. The number of halogens is 1. The van der Waals surface area contributed by atoms with Crippen LogP contribution in [0.2, 0.25) is 5.15 Å². The molecule has 0 bridgehead atoms. The third-order valence-corrected chi connectivity index (χ3v) is 4.31. The van der Waals surface area contributed by atoms with Crippen molar-refractivity contribution in [1.82, 2.24) is 19.7 Å². The third-order valence-electron chi connectivity index (χ3n) is 4.12. The van der Waals surface area contributed by atoms with Gasteiger partial charge in [0.25, 0.3) is 0 Å². The Hall–Kier alpha value is -1.98. The van der Waals surface area contributed by atoms with Gasteiger partial charge >= 0.3 is 0 Å². The van der Waals surface area contributed by atoms with Crippen LogP contribution < -0.4 is 0 Å². The number of nitrogens with zero attached hydrogens (tertiary/aromatic N) is 4. The molecule has 4 heterocycles. The van der Waals surface area contributed by atoms with Crippen LogP contribution in [0.4, 0.5) is 0 Å². The van der Waals surface area contributed by atoms with Crippen LogP contribution in [0.3, 0.4) is 0 Å². The van der Waals surface area contributed by atoms with E-state index in [1.165, 1.54) is 0 Å². The predicted molar refractivity (Wildman–Crippen MR) is 84.9 cm³/mol. The highest BCUT2D eigenvalue weighted by Crippen LogP contribution is 2.34. The number of pyridine rings is 1. The fourth-order valence-electron chi connectivity index (χ4n) is 3.02. The van der Waals surface area contributed by atoms with E-state index in [1.807, 2.05) is 18.2 Å². The van der Waals surface area contributed by atoms with Gasteiger partial charge in [0, 0.05) is 48.8 Å². The number of aromatic nitrogens is 4. The molecule has 0 amide bonds. The largest absolute Gasteiger partial charge is 0.381 e. The zero-order valence-corrected chi connectivity index (χ0v) is 12.7. The smallest absolute Gasteiger partial charge is 0.163 e. The van der Waals surface area contributed by atoms with Crippen LogP contribution in [-0.4, -0.2) is 33.0 Å². The second-order valence-corrected chi connectivity index (χ2v) is 5.82. The molecule has 1 aliphatic heterocycles. The Labute approximate surface area is 132 Å². The lowest BCUT2D eigenvalue weighted by Crippen LogP contribution is -2.19. The minimum absolute atomic E-state index is 0.391. The Bertz CT molecular complexity index is 797. The van der Waals surface area contributed by atoms with Gasteiger partial charge in [0.1, 0.15) is 0 Å². The summed E-state index contributed by atoms with van der Waals surface area (Å²) in [6.45, 7) is 1.58. The summed E-state index contributed by atoms with van der Waals surface area (Å²) in [5.74, 6) is 0. The van der Waals surface area contributed by atoms with E-state index in [9.17, 15) is 0 Å². The van der Waals surface area contributed by atoms with Crippen LogP contribution in [0.25, 0.3) is 22.2 Å². The summed E-state index contributed by atoms with van der Waals surface area (Å²) in [6.07, 6.45) is 7.72. The molecule has 1 aliphatic rings. The van der Waals surface area contributed by atoms with Gasteiger partial charge in [-0.2, -0.15) is 0 Å². The van der Waals surface area contributed by atoms with Crippen molar-refractivity contribution < 1.29 is 4.74 Å². The molecule has 3 aromatic heterocycles. The molecule has 22 heavy (non-hydrogen) atoms. The zero-order valence-electron chi connectivity index (χ0n) is 11.9. The molecule has 5 nitrogen and oxygen atoms in total. The van der Waals surface area contributed by atoms with Crippen LogP contribution in [0.15, 0.2) is 36.8 Å². The lowest BCUT2D eigenvalue weighted by atomic mass is 10.1. The quantitative estimate of drug-likeness (QED) is 0.726. The number of rotatable bonds is 2. The molecule has 1 fully saturated rings. The van der Waals surface area contributed by atoms with E-state index in [-0.39, 0.29) is 0 Å². The minimum Gasteiger partial charge on any atom is -0.381 e. The maximum atomic E-state index is 6.06. The summed E-state index contributed by atoms with van der Waals surface area (Å²) < 4.78 is 7.68. The van der Waals surface area contributed by atoms with Crippen molar-refractivity contribution in [1.29, 1.82) is 0 Å². The van der Waals surface area contributed by atoms with Gasteiger partial charge in [0.2, 0.25) is 0 Å². The van der Waals surface area contributed by atoms with Crippen molar-refractivity contribution >= 4 is 22.6 Å². The molecule has 0 aromatic carbocycles. The van der Waals surface area contributed by atoms with E-state index in [0.29, 0.717) is 11.2 Å².